The number of phosphoric ester groups is 1. The number of methoxy groups -OCH3 is 4. The molecule has 0 fully saturated rings. The number of carbonyl (C=O) groups is 1. The number of fused-ring (bicyclic) bond motifs is 1. The van der Waals surface area contributed by atoms with Crippen LogP contribution in [0.1, 0.15) is 29.7 Å². The summed E-state index contributed by atoms with van der Waals surface area (Å²) in [6, 6.07) is 6.20. The van der Waals surface area contributed by atoms with Gasteiger partial charge in [-0.25, -0.2) is 4.57 Å². The van der Waals surface area contributed by atoms with Gasteiger partial charge in [0.1, 0.15) is 0 Å². The monoisotopic (exact) mass is 467 g/mol. The van der Waals surface area contributed by atoms with Crippen LogP contribution in [0.15, 0.2) is 24.3 Å². The van der Waals surface area contributed by atoms with Crippen LogP contribution in [0.4, 0.5) is 0 Å². The van der Waals surface area contributed by atoms with Crippen molar-refractivity contribution < 1.29 is 42.6 Å². The molecule has 2 N–H and O–H groups in total. The lowest BCUT2D eigenvalue weighted by molar-refractivity contribution is -0.130. The van der Waals surface area contributed by atoms with E-state index in [0.29, 0.717) is 46.9 Å². The highest BCUT2D eigenvalue weighted by Crippen LogP contribution is 2.50. The molecule has 1 heterocycles. The average molecular weight is 467 g/mol. The lowest BCUT2D eigenvalue weighted by Gasteiger charge is -2.38. The Bertz CT molecular complexity index is 1040. The molecule has 0 bridgehead atoms. The fraction of sp³-hybridized carbons (Fsp3) is 0.381. The molecule has 2 aromatic rings. The molecule has 0 aromatic heterocycles. The van der Waals surface area contributed by atoms with Crippen LogP contribution in [-0.2, 0) is 15.8 Å². The van der Waals surface area contributed by atoms with E-state index in [-0.39, 0.29) is 17.4 Å². The first-order valence-corrected chi connectivity index (χ1v) is 11.2. The first kappa shape index (κ1) is 23.7. The summed E-state index contributed by atoms with van der Waals surface area (Å²) in [6.45, 7) is 1.76. The Morgan fingerprint density at radius 3 is 2.03 bits per heavy atom. The second kappa shape index (κ2) is 9.28. The van der Waals surface area contributed by atoms with Crippen molar-refractivity contribution in [3.8, 4) is 28.7 Å². The molecule has 0 radical (unpaired) electrons. The first-order chi connectivity index (χ1) is 15.1. The van der Waals surface area contributed by atoms with Crippen molar-refractivity contribution >= 4 is 13.7 Å². The third-order valence-electron chi connectivity index (χ3n) is 5.31. The molecule has 32 heavy (non-hydrogen) atoms. The van der Waals surface area contributed by atoms with Gasteiger partial charge < -0.3 is 28.4 Å². The highest BCUT2D eigenvalue weighted by atomic mass is 31.2. The third kappa shape index (κ3) is 4.48. The Morgan fingerprint density at radius 2 is 1.56 bits per heavy atom. The maximum atomic E-state index is 12.5. The molecule has 0 unspecified atom stereocenters. The van der Waals surface area contributed by atoms with Gasteiger partial charge in [-0.3, -0.25) is 14.6 Å². The molecule has 3 rings (SSSR count). The van der Waals surface area contributed by atoms with E-state index in [9.17, 15) is 19.1 Å². The average Bonchev–Trinajstić information content (AvgIpc) is 2.76. The minimum atomic E-state index is -4.85. The molecule has 1 aliphatic heterocycles. The van der Waals surface area contributed by atoms with Crippen LogP contribution in [0.3, 0.4) is 0 Å². The van der Waals surface area contributed by atoms with Crippen LogP contribution in [-0.4, -0.2) is 55.6 Å². The molecule has 0 saturated heterocycles. The maximum Gasteiger partial charge on any atom is 0.524 e. The molecule has 1 amide bonds. The largest absolute Gasteiger partial charge is 0.524 e. The van der Waals surface area contributed by atoms with E-state index in [2.05, 4.69) is 0 Å². The van der Waals surface area contributed by atoms with Gasteiger partial charge in [0.15, 0.2) is 23.0 Å². The molecule has 1 aliphatic rings. The number of ether oxygens (including phenoxy) is 4. The number of hydrogen-bond acceptors (Lipinski definition) is 7. The van der Waals surface area contributed by atoms with Crippen LogP contribution in [0.25, 0.3) is 0 Å². The van der Waals surface area contributed by atoms with E-state index >= 15 is 0 Å². The highest BCUT2D eigenvalue weighted by Gasteiger charge is 2.36. The van der Waals surface area contributed by atoms with Crippen LogP contribution >= 0.6 is 7.82 Å². The second-order valence-electron chi connectivity index (χ2n) is 7.07. The van der Waals surface area contributed by atoms with E-state index in [1.54, 1.807) is 29.2 Å². The fourth-order valence-corrected chi connectivity index (χ4v) is 4.44. The number of carbonyl (C=O) groups excluding carboxylic acids is 1. The van der Waals surface area contributed by atoms with Gasteiger partial charge in [-0.15, -0.1) is 0 Å². The standard InChI is InChI=1S/C21H26NO9P/c1-12(23)22-9-8-15-14(6-7-16(27-2)20(15)31-32(24,25)26)19(22)13-10-17(28-3)21(30-5)18(11-13)29-4/h6-7,10-11,19H,8-9H2,1-5H3,(H2,24,25,26)/t19-/m1/s1. The molecular formula is C21H26NO9P. The van der Waals surface area contributed by atoms with Crippen LogP contribution in [0.2, 0.25) is 0 Å². The van der Waals surface area contributed by atoms with E-state index in [4.69, 9.17) is 23.5 Å². The molecule has 1 atom stereocenters. The highest BCUT2D eigenvalue weighted by molar-refractivity contribution is 7.46. The number of amides is 1. The maximum absolute atomic E-state index is 12.5. The molecule has 2 aromatic carbocycles. The van der Waals surface area contributed by atoms with E-state index < -0.39 is 13.9 Å². The number of rotatable bonds is 7. The van der Waals surface area contributed by atoms with E-state index in [1.165, 1.54) is 35.4 Å². The molecule has 174 valence electrons. The lowest BCUT2D eigenvalue weighted by Crippen LogP contribution is -2.39. The van der Waals surface area contributed by atoms with Crippen molar-refractivity contribution in [1.82, 2.24) is 4.90 Å². The quantitative estimate of drug-likeness (QED) is 0.592. The molecule has 10 nitrogen and oxygen atoms in total. The van der Waals surface area contributed by atoms with Crippen molar-refractivity contribution in [2.75, 3.05) is 35.0 Å². The SMILES string of the molecule is COc1cc([C@@H]2c3ccc(OC)c(OP(=O)(O)O)c3CCN2C(C)=O)cc(OC)c1OC. The summed E-state index contributed by atoms with van der Waals surface area (Å²) in [4.78, 5) is 33.0. The zero-order valence-electron chi connectivity index (χ0n) is 18.4. The number of nitrogens with zero attached hydrogens (tertiary/aromatic N) is 1. The normalized spacial score (nSPS) is 15.6. The second-order valence-corrected chi connectivity index (χ2v) is 8.23. The number of hydrogen-bond donors (Lipinski definition) is 2. The Hall–Kier alpha value is -2.94. The summed E-state index contributed by atoms with van der Waals surface area (Å²) in [5.74, 6) is 1.22. The predicted octanol–water partition coefficient (Wildman–Crippen LogP) is 2.69. The summed E-state index contributed by atoms with van der Waals surface area (Å²) in [7, 11) is 1.02. The molecular weight excluding hydrogens is 441 g/mol. The van der Waals surface area contributed by atoms with Gasteiger partial charge in [0, 0.05) is 19.0 Å². The van der Waals surface area contributed by atoms with Crippen LogP contribution in [0.5, 0.6) is 28.7 Å². The zero-order valence-corrected chi connectivity index (χ0v) is 19.3. The van der Waals surface area contributed by atoms with Gasteiger partial charge in [-0.1, -0.05) is 6.07 Å². The van der Waals surface area contributed by atoms with E-state index in [1.807, 2.05) is 0 Å². The van der Waals surface area contributed by atoms with Crippen LogP contribution < -0.4 is 23.5 Å². The van der Waals surface area contributed by atoms with Gasteiger partial charge in [0.25, 0.3) is 0 Å². The third-order valence-corrected chi connectivity index (χ3v) is 5.73. The first-order valence-electron chi connectivity index (χ1n) is 9.67. The van der Waals surface area contributed by atoms with Gasteiger partial charge in [0.05, 0.1) is 34.5 Å². The fourth-order valence-electron chi connectivity index (χ4n) is 4.00. The van der Waals surface area contributed by atoms with Gasteiger partial charge in [-0.2, -0.15) is 0 Å². The van der Waals surface area contributed by atoms with Gasteiger partial charge >= 0.3 is 7.82 Å². The molecule has 11 heteroatoms. The smallest absolute Gasteiger partial charge is 0.493 e. The molecule has 0 saturated carbocycles. The summed E-state index contributed by atoms with van der Waals surface area (Å²) in [6.07, 6.45) is 0.322. The predicted molar refractivity (Wildman–Crippen MR) is 115 cm³/mol. The Morgan fingerprint density at radius 1 is 0.969 bits per heavy atom. The van der Waals surface area contributed by atoms with Crippen molar-refractivity contribution in [2.45, 2.75) is 19.4 Å². The molecule has 0 aliphatic carbocycles. The number of benzene rings is 2. The summed E-state index contributed by atoms with van der Waals surface area (Å²) in [5, 5.41) is 0. The zero-order chi connectivity index (χ0) is 23.6. The molecule has 0 spiro atoms. The van der Waals surface area contributed by atoms with Crippen molar-refractivity contribution in [2.24, 2.45) is 0 Å². The minimum absolute atomic E-state index is 0.0426. The Balaban J connectivity index is 2.27. The van der Waals surface area contributed by atoms with Crippen LogP contribution in [0, 0.1) is 0 Å². The summed E-state index contributed by atoms with van der Waals surface area (Å²) >= 11 is 0. The van der Waals surface area contributed by atoms with Crippen molar-refractivity contribution in [1.29, 1.82) is 0 Å². The topological polar surface area (TPSA) is 124 Å². The Kier molecular flexibility index (Phi) is 6.88. The minimum Gasteiger partial charge on any atom is -0.493 e. The van der Waals surface area contributed by atoms with Gasteiger partial charge in [0.2, 0.25) is 11.7 Å². The van der Waals surface area contributed by atoms with Gasteiger partial charge in [-0.05, 0) is 35.7 Å². The Labute approximate surface area is 185 Å². The van der Waals surface area contributed by atoms with Crippen molar-refractivity contribution in [3.05, 3.63) is 41.0 Å². The summed E-state index contributed by atoms with van der Waals surface area (Å²) < 4.78 is 38.2. The lowest BCUT2D eigenvalue weighted by atomic mass is 9.87. The number of phosphoric acid groups is 1. The summed E-state index contributed by atoms with van der Waals surface area (Å²) in [5.41, 5.74) is 1.86. The van der Waals surface area contributed by atoms with Crippen molar-refractivity contribution in [3.63, 3.8) is 0 Å². The van der Waals surface area contributed by atoms with E-state index in [0.717, 1.165) is 0 Å².